The summed E-state index contributed by atoms with van der Waals surface area (Å²) in [5, 5.41) is 14.7. The van der Waals surface area contributed by atoms with Gasteiger partial charge < -0.3 is 16.3 Å². The zero-order valence-corrected chi connectivity index (χ0v) is 13.4. The van der Waals surface area contributed by atoms with Crippen molar-refractivity contribution in [3.8, 4) is 0 Å². The second-order valence-corrected chi connectivity index (χ2v) is 8.13. The van der Waals surface area contributed by atoms with Gasteiger partial charge in [-0.2, -0.15) is 0 Å². The highest BCUT2D eigenvalue weighted by atomic mass is 32.2. The highest BCUT2D eigenvalue weighted by Gasteiger charge is 2.43. The quantitative estimate of drug-likeness (QED) is 0.225. The number of hydrogen-bond donors (Lipinski definition) is 3. The molecule has 0 saturated heterocycles. The van der Waals surface area contributed by atoms with Gasteiger partial charge in [0, 0.05) is 12.3 Å². The van der Waals surface area contributed by atoms with Crippen molar-refractivity contribution in [2.24, 2.45) is 16.3 Å². The van der Waals surface area contributed by atoms with Crippen LogP contribution in [0.2, 0.25) is 0 Å². The lowest BCUT2D eigenvalue weighted by atomic mass is 9.78. The van der Waals surface area contributed by atoms with Gasteiger partial charge >= 0.3 is 0 Å². The molecule has 4 N–H and O–H groups in total. The molecule has 7 nitrogen and oxygen atoms in total. The molecule has 0 bridgehead atoms. The van der Waals surface area contributed by atoms with Crippen molar-refractivity contribution >= 4 is 21.6 Å². The van der Waals surface area contributed by atoms with E-state index in [2.05, 4.69) is 10.5 Å². The molecular formula is C13H25N3O4S. The van der Waals surface area contributed by atoms with Crippen LogP contribution >= 0.6 is 0 Å². The van der Waals surface area contributed by atoms with Crippen LogP contribution in [-0.2, 0) is 14.6 Å². The first-order valence-corrected chi connectivity index (χ1v) is 9.24. The minimum absolute atomic E-state index is 0.0894. The molecule has 8 heteroatoms. The lowest BCUT2D eigenvalue weighted by molar-refractivity contribution is -0.128. The minimum Gasteiger partial charge on any atom is -0.409 e. The first kappa shape index (κ1) is 17.7. The van der Waals surface area contributed by atoms with E-state index in [4.69, 9.17) is 10.9 Å². The fraction of sp³-hybridized carbons (Fsp3) is 0.846. The second-order valence-electron chi connectivity index (χ2n) is 5.95. The van der Waals surface area contributed by atoms with Crippen LogP contribution in [0.15, 0.2) is 5.16 Å². The average molecular weight is 319 g/mol. The lowest BCUT2D eigenvalue weighted by Crippen LogP contribution is -2.52. The zero-order valence-electron chi connectivity index (χ0n) is 12.6. The molecule has 1 aliphatic carbocycles. The van der Waals surface area contributed by atoms with E-state index in [9.17, 15) is 13.2 Å². The number of amides is 1. The Morgan fingerprint density at radius 3 is 2.29 bits per heavy atom. The van der Waals surface area contributed by atoms with Crippen LogP contribution in [0.4, 0.5) is 0 Å². The summed E-state index contributed by atoms with van der Waals surface area (Å²) < 4.78 is 22.6. The number of hydrogen-bond acceptors (Lipinski definition) is 5. The van der Waals surface area contributed by atoms with Crippen LogP contribution in [0.1, 0.15) is 45.4 Å². The number of nitrogens with one attached hydrogen (secondary N) is 1. The molecule has 0 spiro atoms. The average Bonchev–Trinajstić information content (AvgIpc) is 2.61. The SMILES string of the molecule is CC(CS(C)(=O)=O)NC(=O)C1(C(N)=NO)CCCCCC1. The van der Waals surface area contributed by atoms with E-state index in [0.29, 0.717) is 12.8 Å². The van der Waals surface area contributed by atoms with E-state index < -0.39 is 21.3 Å². The van der Waals surface area contributed by atoms with E-state index in [1.165, 1.54) is 0 Å². The highest BCUT2D eigenvalue weighted by Crippen LogP contribution is 2.35. The van der Waals surface area contributed by atoms with Gasteiger partial charge in [-0.15, -0.1) is 0 Å². The fourth-order valence-electron chi connectivity index (χ4n) is 2.89. The lowest BCUT2D eigenvalue weighted by Gasteiger charge is -2.31. The van der Waals surface area contributed by atoms with Gasteiger partial charge in [0.2, 0.25) is 5.91 Å². The molecule has 1 unspecified atom stereocenters. The summed E-state index contributed by atoms with van der Waals surface area (Å²) >= 11 is 0. The molecule has 1 atom stereocenters. The Morgan fingerprint density at radius 1 is 1.33 bits per heavy atom. The number of oxime groups is 1. The van der Waals surface area contributed by atoms with Crippen LogP contribution < -0.4 is 11.1 Å². The van der Waals surface area contributed by atoms with Crippen molar-refractivity contribution in [1.29, 1.82) is 0 Å². The number of carbonyl (C=O) groups excluding carboxylic acids is 1. The van der Waals surface area contributed by atoms with Crippen molar-refractivity contribution in [3.05, 3.63) is 0 Å². The van der Waals surface area contributed by atoms with E-state index >= 15 is 0 Å². The Labute approximate surface area is 125 Å². The van der Waals surface area contributed by atoms with Crippen LogP contribution in [-0.4, -0.2) is 43.4 Å². The topological polar surface area (TPSA) is 122 Å². The summed E-state index contributed by atoms with van der Waals surface area (Å²) in [6.45, 7) is 1.63. The molecule has 0 aromatic rings. The molecule has 21 heavy (non-hydrogen) atoms. The van der Waals surface area contributed by atoms with E-state index in [1.807, 2.05) is 0 Å². The Kier molecular flexibility index (Phi) is 6.00. The molecule has 122 valence electrons. The maximum atomic E-state index is 12.6. The van der Waals surface area contributed by atoms with Gasteiger partial charge in [-0.05, 0) is 19.8 Å². The van der Waals surface area contributed by atoms with Crippen LogP contribution in [0.25, 0.3) is 0 Å². The number of nitrogens with two attached hydrogens (primary N) is 1. The van der Waals surface area contributed by atoms with Crippen molar-refractivity contribution < 1.29 is 18.4 Å². The van der Waals surface area contributed by atoms with E-state index in [0.717, 1.165) is 31.9 Å². The maximum Gasteiger partial charge on any atom is 0.234 e. The van der Waals surface area contributed by atoms with Gasteiger partial charge in [0.1, 0.15) is 15.3 Å². The van der Waals surface area contributed by atoms with Gasteiger partial charge in [0.25, 0.3) is 0 Å². The van der Waals surface area contributed by atoms with Gasteiger partial charge in [-0.1, -0.05) is 30.8 Å². The number of amidine groups is 1. The van der Waals surface area contributed by atoms with Crippen molar-refractivity contribution in [1.82, 2.24) is 5.32 Å². The Morgan fingerprint density at radius 2 is 1.86 bits per heavy atom. The number of nitrogens with zero attached hydrogens (tertiary/aromatic N) is 1. The normalized spacial score (nSPS) is 21.3. The van der Waals surface area contributed by atoms with Crippen molar-refractivity contribution in [3.63, 3.8) is 0 Å². The predicted molar refractivity (Wildman–Crippen MR) is 80.9 cm³/mol. The Bertz CT molecular complexity index is 494. The van der Waals surface area contributed by atoms with Crippen LogP contribution in [0.5, 0.6) is 0 Å². The van der Waals surface area contributed by atoms with Crippen molar-refractivity contribution in [2.75, 3.05) is 12.0 Å². The van der Waals surface area contributed by atoms with Crippen LogP contribution in [0, 0.1) is 5.41 Å². The summed E-state index contributed by atoms with van der Waals surface area (Å²) in [5.41, 5.74) is 4.75. The smallest absolute Gasteiger partial charge is 0.234 e. The minimum atomic E-state index is -3.18. The third-order valence-electron chi connectivity index (χ3n) is 3.92. The highest BCUT2D eigenvalue weighted by molar-refractivity contribution is 7.90. The second kappa shape index (κ2) is 7.11. The van der Waals surface area contributed by atoms with E-state index in [-0.39, 0.29) is 17.5 Å². The molecule has 1 saturated carbocycles. The predicted octanol–water partition coefficient (Wildman–Crippen LogP) is 0.623. The first-order chi connectivity index (χ1) is 9.71. The summed E-state index contributed by atoms with van der Waals surface area (Å²) in [6.07, 6.45) is 5.81. The van der Waals surface area contributed by atoms with Gasteiger partial charge in [0.15, 0.2) is 5.84 Å². The van der Waals surface area contributed by atoms with Gasteiger partial charge in [-0.25, -0.2) is 8.42 Å². The molecule has 0 radical (unpaired) electrons. The monoisotopic (exact) mass is 319 g/mol. The number of carbonyl (C=O) groups is 1. The van der Waals surface area contributed by atoms with Gasteiger partial charge in [0.05, 0.1) is 5.75 Å². The molecule has 0 aromatic heterocycles. The summed E-state index contributed by atoms with van der Waals surface area (Å²) in [6, 6.07) is -0.515. The number of rotatable bonds is 5. The largest absolute Gasteiger partial charge is 0.409 e. The first-order valence-electron chi connectivity index (χ1n) is 7.18. The summed E-state index contributed by atoms with van der Waals surface area (Å²) in [5.74, 6) is -0.574. The molecule has 1 rings (SSSR count). The third-order valence-corrected chi connectivity index (χ3v) is 5.03. The standard InChI is InChI=1S/C13H25N3O4S/c1-10(9-21(2,19)20)15-12(17)13(11(14)16-18)7-5-3-4-6-8-13/h10,18H,3-9H2,1-2H3,(H2,14,16)(H,15,17). The molecule has 1 aliphatic rings. The molecule has 1 amide bonds. The molecule has 0 aromatic carbocycles. The fourth-order valence-corrected chi connectivity index (χ4v) is 3.88. The number of sulfone groups is 1. The maximum absolute atomic E-state index is 12.6. The van der Waals surface area contributed by atoms with Gasteiger partial charge in [-0.3, -0.25) is 4.79 Å². The molecular weight excluding hydrogens is 294 g/mol. The molecule has 0 aliphatic heterocycles. The summed E-state index contributed by atoms with van der Waals surface area (Å²) in [7, 11) is -3.18. The Hall–Kier alpha value is -1.31. The van der Waals surface area contributed by atoms with E-state index in [1.54, 1.807) is 6.92 Å². The zero-order chi connectivity index (χ0) is 16.1. The summed E-state index contributed by atoms with van der Waals surface area (Å²) in [4.78, 5) is 12.6. The third kappa shape index (κ3) is 4.87. The van der Waals surface area contributed by atoms with Crippen LogP contribution in [0.3, 0.4) is 0 Å². The Balaban J connectivity index is 2.91. The van der Waals surface area contributed by atoms with Crippen molar-refractivity contribution in [2.45, 2.75) is 51.5 Å². The molecule has 1 fully saturated rings. The molecule has 0 heterocycles.